The first-order valence-corrected chi connectivity index (χ1v) is 11.3. The number of aromatic amines is 1. The van der Waals surface area contributed by atoms with Crippen molar-refractivity contribution >= 4 is 5.91 Å². The zero-order valence-electron chi connectivity index (χ0n) is 18.2. The van der Waals surface area contributed by atoms with Crippen LogP contribution < -0.4 is 4.74 Å². The zero-order chi connectivity index (χ0) is 21.4. The number of para-hydroxylation sites is 1. The first-order chi connectivity index (χ1) is 15.1. The average Bonchev–Trinajstić information content (AvgIpc) is 3.49. The number of benzene rings is 2. The highest BCUT2D eigenvalue weighted by atomic mass is 16.5. The highest BCUT2D eigenvalue weighted by molar-refractivity contribution is 5.95. The van der Waals surface area contributed by atoms with E-state index in [9.17, 15) is 4.79 Å². The van der Waals surface area contributed by atoms with Crippen LogP contribution in [0.15, 0.2) is 54.7 Å². The molecule has 0 bridgehead atoms. The molecule has 0 aliphatic heterocycles. The van der Waals surface area contributed by atoms with Crippen molar-refractivity contribution in [1.82, 2.24) is 15.1 Å². The van der Waals surface area contributed by atoms with Gasteiger partial charge in [-0.2, -0.15) is 5.10 Å². The average molecular weight is 416 g/mol. The van der Waals surface area contributed by atoms with Gasteiger partial charge in [-0.15, -0.1) is 0 Å². The number of nitrogens with zero attached hydrogens (tertiary/aromatic N) is 2. The lowest BCUT2D eigenvalue weighted by molar-refractivity contribution is 0.0643. The maximum atomic E-state index is 13.5. The second kappa shape index (κ2) is 8.22. The number of amides is 1. The number of aromatic nitrogens is 2. The predicted octanol–water partition coefficient (Wildman–Crippen LogP) is 5.03. The summed E-state index contributed by atoms with van der Waals surface area (Å²) in [6.07, 6.45) is 7.10. The maximum absolute atomic E-state index is 13.5. The van der Waals surface area contributed by atoms with Crippen molar-refractivity contribution in [3.8, 4) is 16.9 Å². The smallest absolute Gasteiger partial charge is 0.254 e. The molecule has 1 unspecified atom stereocenters. The number of nitrogens with one attached hydrogen (secondary N) is 1. The SMILES string of the molecule is CC(C)Oc1ccccc1-c1ccc(C(=O)N(C2CC2)C2CCc3[nH]ncc3C2)cc1. The minimum Gasteiger partial charge on any atom is -0.490 e. The predicted molar refractivity (Wildman–Crippen MR) is 121 cm³/mol. The van der Waals surface area contributed by atoms with Gasteiger partial charge in [-0.25, -0.2) is 0 Å². The summed E-state index contributed by atoms with van der Waals surface area (Å²) in [7, 11) is 0. The molecule has 0 spiro atoms. The quantitative estimate of drug-likeness (QED) is 0.615. The largest absolute Gasteiger partial charge is 0.490 e. The number of hydrogen-bond acceptors (Lipinski definition) is 3. The molecule has 0 saturated heterocycles. The second-order valence-electron chi connectivity index (χ2n) is 8.95. The molecule has 5 rings (SSSR count). The highest BCUT2D eigenvalue weighted by Crippen LogP contribution is 2.35. The van der Waals surface area contributed by atoms with Gasteiger partial charge in [0, 0.05) is 28.9 Å². The third-order valence-electron chi connectivity index (χ3n) is 6.25. The van der Waals surface area contributed by atoms with Gasteiger partial charge < -0.3 is 9.64 Å². The molecule has 2 aliphatic rings. The number of aryl methyl sites for hydroxylation is 1. The Morgan fingerprint density at radius 2 is 1.84 bits per heavy atom. The number of hydrogen-bond donors (Lipinski definition) is 1. The maximum Gasteiger partial charge on any atom is 0.254 e. The van der Waals surface area contributed by atoms with Crippen LogP contribution in [0.1, 0.15) is 54.7 Å². The Bertz CT molecular complexity index is 1070. The normalized spacial score (nSPS) is 18.0. The number of H-pyrrole nitrogens is 1. The molecule has 0 radical (unpaired) electrons. The third-order valence-corrected chi connectivity index (χ3v) is 6.25. The van der Waals surface area contributed by atoms with Crippen LogP contribution in [0, 0.1) is 0 Å². The summed E-state index contributed by atoms with van der Waals surface area (Å²) in [6.45, 7) is 4.06. The summed E-state index contributed by atoms with van der Waals surface area (Å²) >= 11 is 0. The molecule has 1 amide bonds. The van der Waals surface area contributed by atoms with Crippen molar-refractivity contribution in [2.24, 2.45) is 0 Å². The first-order valence-electron chi connectivity index (χ1n) is 11.3. The van der Waals surface area contributed by atoms with Crippen LogP contribution in [0.2, 0.25) is 0 Å². The molecule has 1 heterocycles. The molecule has 2 aliphatic carbocycles. The molecule has 1 atom stereocenters. The molecule has 2 aromatic carbocycles. The van der Waals surface area contributed by atoms with Gasteiger partial charge in [0.15, 0.2) is 0 Å². The topological polar surface area (TPSA) is 58.2 Å². The van der Waals surface area contributed by atoms with E-state index in [4.69, 9.17) is 4.74 Å². The fraction of sp³-hybridized carbons (Fsp3) is 0.385. The summed E-state index contributed by atoms with van der Waals surface area (Å²) < 4.78 is 5.97. The van der Waals surface area contributed by atoms with Crippen molar-refractivity contribution in [2.75, 3.05) is 0 Å². The lowest BCUT2D eigenvalue weighted by Gasteiger charge is -2.34. The van der Waals surface area contributed by atoms with E-state index in [1.807, 2.05) is 62.5 Å². The van der Waals surface area contributed by atoms with Gasteiger partial charge in [0.1, 0.15) is 5.75 Å². The molecule has 160 valence electrons. The summed E-state index contributed by atoms with van der Waals surface area (Å²) in [5.74, 6) is 1.02. The molecule has 1 saturated carbocycles. The van der Waals surface area contributed by atoms with Crippen molar-refractivity contribution in [1.29, 1.82) is 0 Å². The monoisotopic (exact) mass is 415 g/mol. The Hall–Kier alpha value is -3.08. The number of carbonyl (C=O) groups excluding carboxylic acids is 1. The molecular weight excluding hydrogens is 386 g/mol. The van der Waals surface area contributed by atoms with Gasteiger partial charge in [-0.3, -0.25) is 9.89 Å². The summed E-state index contributed by atoms with van der Waals surface area (Å²) in [6, 6.07) is 16.7. The van der Waals surface area contributed by atoms with Gasteiger partial charge >= 0.3 is 0 Å². The molecule has 31 heavy (non-hydrogen) atoms. The summed E-state index contributed by atoms with van der Waals surface area (Å²) in [5.41, 5.74) is 5.36. The lowest BCUT2D eigenvalue weighted by atomic mass is 9.91. The van der Waals surface area contributed by atoms with E-state index >= 15 is 0 Å². The van der Waals surface area contributed by atoms with Gasteiger partial charge in [0.2, 0.25) is 0 Å². The Balaban J connectivity index is 1.37. The van der Waals surface area contributed by atoms with E-state index < -0.39 is 0 Å². The van der Waals surface area contributed by atoms with Crippen LogP contribution in [-0.4, -0.2) is 39.2 Å². The van der Waals surface area contributed by atoms with Crippen molar-refractivity contribution in [2.45, 2.75) is 64.1 Å². The van der Waals surface area contributed by atoms with E-state index in [-0.39, 0.29) is 18.1 Å². The molecule has 5 heteroatoms. The molecule has 5 nitrogen and oxygen atoms in total. The van der Waals surface area contributed by atoms with Gasteiger partial charge in [0.05, 0.1) is 12.3 Å². The number of carbonyl (C=O) groups is 1. The first kappa shape index (κ1) is 19.9. The fourth-order valence-electron chi connectivity index (χ4n) is 4.62. The van der Waals surface area contributed by atoms with E-state index in [1.165, 1.54) is 11.3 Å². The molecule has 1 fully saturated rings. The molecule has 1 N–H and O–H groups in total. The minimum absolute atomic E-state index is 0.111. The summed E-state index contributed by atoms with van der Waals surface area (Å²) in [5, 5.41) is 7.28. The van der Waals surface area contributed by atoms with E-state index in [0.717, 1.165) is 54.5 Å². The van der Waals surface area contributed by atoms with Crippen LogP contribution in [0.25, 0.3) is 11.1 Å². The van der Waals surface area contributed by atoms with Crippen molar-refractivity contribution in [3.05, 3.63) is 71.5 Å². The summed E-state index contributed by atoms with van der Waals surface area (Å²) in [4.78, 5) is 15.7. The molecule has 3 aromatic rings. The van der Waals surface area contributed by atoms with Crippen LogP contribution in [0.5, 0.6) is 5.75 Å². The number of fused-ring (bicyclic) bond motifs is 1. The van der Waals surface area contributed by atoms with Crippen LogP contribution in [0.3, 0.4) is 0 Å². The Kier molecular flexibility index (Phi) is 5.26. The standard InChI is InChI=1S/C26H29N3O2/c1-17(2)31-25-6-4-3-5-23(25)18-7-9-19(10-8-18)26(30)29(21-11-12-21)22-13-14-24-20(15-22)16-27-28-24/h3-10,16-17,21-22H,11-15H2,1-2H3,(H,27,28). The van der Waals surface area contributed by atoms with Crippen molar-refractivity contribution < 1.29 is 9.53 Å². The number of ether oxygens (including phenoxy) is 1. The van der Waals surface area contributed by atoms with Crippen LogP contribution in [0.4, 0.5) is 0 Å². The third kappa shape index (κ3) is 4.09. The van der Waals surface area contributed by atoms with Gasteiger partial charge in [-0.1, -0.05) is 30.3 Å². The van der Waals surface area contributed by atoms with Crippen molar-refractivity contribution in [3.63, 3.8) is 0 Å². The van der Waals surface area contributed by atoms with Crippen LogP contribution >= 0.6 is 0 Å². The Morgan fingerprint density at radius 3 is 2.58 bits per heavy atom. The lowest BCUT2D eigenvalue weighted by Crippen LogP contribution is -2.44. The molecular formula is C26H29N3O2. The van der Waals surface area contributed by atoms with E-state index in [0.29, 0.717) is 6.04 Å². The van der Waals surface area contributed by atoms with Crippen LogP contribution in [-0.2, 0) is 12.8 Å². The fourth-order valence-corrected chi connectivity index (χ4v) is 4.62. The zero-order valence-corrected chi connectivity index (χ0v) is 18.2. The number of rotatable bonds is 6. The van der Waals surface area contributed by atoms with E-state index in [2.05, 4.69) is 21.2 Å². The van der Waals surface area contributed by atoms with Gasteiger partial charge in [0.25, 0.3) is 5.91 Å². The second-order valence-corrected chi connectivity index (χ2v) is 8.95. The highest BCUT2D eigenvalue weighted by Gasteiger charge is 2.39. The van der Waals surface area contributed by atoms with Gasteiger partial charge in [-0.05, 0) is 75.3 Å². The molecule has 1 aromatic heterocycles. The Labute approximate surface area is 183 Å². The Morgan fingerprint density at radius 1 is 1.06 bits per heavy atom. The van der Waals surface area contributed by atoms with E-state index in [1.54, 1.807) is 0 Å². The minimum atomic E-state index is 0.111.